The van der Waals surface area contributed by atoms with Gasteiger partial charge in [-0.3, -0.25) is 10.00 Å². The summed E-state index contributed by atoms with van der Waals surface area (Å²) in [5.41, 5.74) is 0.919. The third-order valence-electron chi connectivity index (χ3n) is 3.94. The highest BCUT2D eigenvalue weighted by atomic mass is 16.5. The topological polar surface area (TPSA) is 54.3 Å². The Bertz CT molecular complexity index is 529. The highest BCUT2D eigenvalue weighted by molar-refractivity contribution is 5.51. The Hall–Kier alpha value is -1.59. The van der Waals surface area contributed by atoms with Crippen molar-refractivity contribution in [1.82, 2.24) is 15.1 Å². The number of H-pyrrole nitrogens is 1. The van der Waals surface area contributed by atoms with Gasteiger partial charge in [-0.05, 0) is 57.5 Å². The Balaban J connectivity index is 1.43. The van der Waals surface area contributed by atoms with Crippen molar-refractivity contribution in [2.45, 2.75) is 38.3 Å². The molecule has 5 nitrogen and oxygen atoms in total. The molecule has 2 aromatic rings. The van der Waals surface area contributed by atoms with E-state index in [9.17, 15) is 0 Å². The molecule has 2 aromatic heterocycles. The van der Waals surface area contributed by atoms with Crippen LogP contribution in [0.25, 0.3) is 11.5 Å². The Kier molecular flexibility index (Phi) is 4.72. The molecule has 0 aliphatic carbocycles. The van der Waals surface area contributed by atoms with E-state index in [1.165, 1.54) is 25.7 Å². The predicted octanol–water partition coefficient (Wildman–Crippen LogP) is 3.06. The molecular formula is C16H23N3O2. The molecule has 1 saturated heterocycles. The van der Waals surface area contributed by atoms with Crippen molar-refractivity contribution in [3.8, 4) is 11.5 Å². The highest BCUT2D eigenvalue weighted by Crippen LogP contribution is 2.21. The SMILES string of the molecule is CN(CCC[C@@H]1CCCO1)Cc1ccc(-c2ccn[nH]2)o1. The zero-order chi connectivity index (χ0) is 14.5. The minimum absolute atomic E-state index is 0.494. The first-order valence-corrected chi connectivity index (χ1v) is 7.70. The smallest absolute Gasteiger partial charge is 0.152 e. The van der Waals surface area contributed by atoms with E-state index >= 15 is 0 Å². The van der Waals surface area contributed by atoms with Crippen molar-refractivity contribution in [1.29, 1.82) is 0 Å². The van der Waals surface area contributed by atoms with Crippen molar-refractivity contribution in [3.63, 3.8) is 0 Å². The van der Waals surface area contributed by atoms with Gasteiger partial charge in [0.25, 0.3) is 0 Å². The molecule has 0 amide bonds. The minimum atomic E-state index is 0.494. The van der Waals surface area contributed by atoms with E-state index in [1.807, 2.05) is 18.2 Å². The van der Waals surface area contributed by atoms with Crippen LogP contribution in [0.4, 0.5) is 0 Å². The van der Waals surface area contributed by atoms with Crippen LogP contribution in [-0.4, -0.2) is 41.4 Å². The van der Waals surface area contributed by atoms with Gasteiger partial charge in [-0.15, -0.1) is 0 Å². The zero-order valence-corrected chi connectivity index (χ0v) is 12.5. The van der Waals surface area contributed by atoms with Gasteiger partial charge in [-0.2, -0.15) is 5.10 Å². The summed E-state index contributed by atoms with van der Waals surface area (Å²) in [4.78, 5) is 2.30. The van der Waals surface area contributed by atoms with Crippen LogP contribution in [0.2, 0.25) is 0 Å². The lowest BCUT2D eigenvalue weighted by Crippen LogP contribution is -2.20. The van der Waals surface area contributed by atoms with Crippen molar-refractivity contribution >= 4 is 0 Å². The van der Waals surface area contributed by atoms with Gasteiger partial charge in [-0.25, -0.2) is 0 Å². The quantitative estimate of drug-likeness (QED) is 0.851. The van der Waals surface area contributed by atoms with Crippen molar-refractivity contribution in [3.05, 3.63) is 30.2 Å². The molecule has 0 radical (unpaired) electrons. The molecule has 1 aliphatic heterocycles. The third-order valence-corrected chi connectivity index (χ3v) is 3.94. The van der Waals surface area contributed by atoms with Gasteiger partial charge in [0.15, 0.2) is 5.76 Å². The first kappa shape index (κ1) is 14.4. The van der Waals surface area contributed by atoms with Crippen LogP contribution in [0, 0.1) is 0 Å². The second kappa shape index (κ2) is 6.91. The molecule has 0 bridgehead atoms. The number of nitrogens with one attached hydrogen (secondary N) is 1. The molecule has 0 spiro atoms. The Morgan fingerprint density at radius 2 is 2.33 bits per heavy atom. The van der Waals surface area contributed by atoms with Crippen molar-refractivity contribution < 1.29 is 9.15 Å². The fourth-order valence-electron chi connectivity index (χ4n) is 2.81. The summed E-state index contributed by atoms with van der Waals surface area (Å²) in [5.74, 6) is 1.83. The highest BCUT2D eigenvalue weighted by Gasteiger charge is 2.15. The maximum Gasteiger partial charge on any atom is 0.152 e. The fourth-order valence-corrected chi connectivity index (χ4v) is 2.81. The molecule has 21 heavy (non-hydrogen) atoms. The van der Waals surface area contributed by atoms with E-state index in [4.69, 9.17) is 9.15 Å². The van der Waals surface area contributed by atoms with Crippen molar-refractivity contribution in [2.24, 2.45) is 0 Å². The molecule has 1 fully saturated rings. The maximum atomic E-state index is 5.84. The third kappa shape index (κ3) is 3.95. The van der Waals surface area contributed by atoms with Gasteiger partial charge < -0.3 is 9.15 Å². The first-order chi connectivity index (χ1) is 10.3. The van der Waals surface area contributed by atoms with Crippen LogP contribution in [-0.2, 0) is 11.3 Å². The van der Waals surface area contributed by atoms with Gasteiger partial charge in [0.1, 0.15) is 11.5 Å². The molecule has 3 heterocycles. The molecule has 1 aliphatic rings. The molecule has 1 N–H and O–H groups in total. The molecule has 3 rings (SSSR count). The fraction of sp³-hybridized carbons (Fsp3) is 0.562. The number of hydrogen-bond donors (Lipinski definition) is 1. The number of ether oxygens (including phenoxy) is 1. The lowest BCUT2D eigenvalue weighted by molar-refractivity contribution is 0.0993. The predicted molar refractivity (Wildman–Crippen MR) is 80.8 cm³/mol. The van der Waals surface area contributed by atoms with Gasteiger partial charge in [-0.1, -0.05) is 0 Å². The van der Waals surface area contributed by atoms with Crippen LogP contribution in [0.5, 0.6) is 0 Å². The van der Waals surface area contributed by atoms with Crippen LogP contribution >= 0.6 is 0 Å². The second-order valence-corrected chi connectivity index (χ2v) is 5.75. The lowest BCUT2D eigenvalue weighted by Gasteiger charge is -2.16. The summed E-state index contributed by atoms with van der Waals surface area (Å²) in [5, 5.41) is 6.85. The number of rotatable bonds is 7. The minimum Gasteiger partial charge on any atom is -0.458 e. The first-order valence-electron chi connectivity index (χ1n) is 7.70. The largest absolute Gasteiger partial charge is 0.458 e. The molecule has 5 heteroatoms. The van der Waals surface area contributed by atoms with Gasteiger partial charge in [0.05, 0.1) is 12.6 Å². The van der Waals surface area contributed by atoms with Gasteiger partial charge in [0.2, 0.25) is 0 Å². The number of furan rings is 1. The summed E-state index contributed by atoms with van der Waals surface area (Å²) < 4.78 is 11.5. The monoisotopic (exact) mass is 289 g/mol. The normalized spacial score (nSPS) is 18.7. The van der Waals surface area contributed by atoms with Crippen LogP contribution in [0.3, 0.4) is 0 Å². The summed E-state index contributed by atoms with van der Waals surface area (Å²) in [6, 6.07) is 5.93. The Morgan fingerprint density at radius 3 is 3.10 bits per heavy atom. The van der Waals surface area contributed by atoms with E-state index in [2.05, 4.69) is 22.1 Å². The number of aromatic amines is 1. The number of nitrogens with zero attached hydrogens (tertiary/aromatic N) is 2. The van der Waals surface area contributed by atoms with Gasteiger partial charge in [0, 0.05) is 12.8 Å². The second-order valence-electron chi connectivity index (χ2n) is 5.75. The van der Waals surface area contributed by atoms with E-state index in [0.29, 0.717) is 6.10 Å². The van der Waals surface area contributed by atoms with Crippen LogP contribution in [0.1, 0.15) is 31.4 Å². The van der Waals surface area contributed by atoms with Crippen LogP contribution < -0.4 is 0 Å². The molecule has 0 aromatic carbocycles. The number of aromatic nitrogens is 2. The Morgan fingerprint density at radius 1 is 1.38 bits per heavy atom. The molecule has 114 valence electrons. The summed E-state index contributed by atoms with van der Waals surface area (Å²) in [6.07, 6.45) is 7.03. The molecule has 1 atom stereocenters. The summed E-state index contributed by atoms with van der Waals surface area (Å²) in [6.45, 7) is 2.85. The lowest BCUT2D eigenvalue weighted by atomic mass is 10.1. The van der Waals surface area contributed by atoms with Crippen molar-refractivity contribution in [2.75, 3.05) is 20.2 Å². The number of hydrogen-bond acceptors (Lipinski definition) is 4. The van der Waals surface area contributed by atoms with Gasteiger partial charge >= 0.3 is 0 Å². The average molecular weight is 289 g/mol. The summed E-state index contributed by atoms with van der Waals surface area (Å²) >= 11 is 0. The van der Waals surface area contributed by atoms with E-state index < -0.39 is 0 Å². The van der Waals surface area contributed by atoms with Crippen LogP contribution in [0.15, 0.2) is 28.8 Å². The molecule has 0 unspecified atom stereocenters. The maximum absolute atomic E-state index is 5.84. The molecule has 0 saturated carbocycles. The average Bonchev–Trinajstić information content (AvgIpc) is 3.21. The molecular weight excluding hydrogens is 266 g/mol. The zero-order valence-electron chi connectivity index (χ0n) is 12.5. The standard InChI is InChI=1S/C16H23N3O2/c1-19(10-2-4-13-5-3-11-20-13)12-14-6-7-16(21-14)15-8-9-17-18-15/h6-9,13H,2-5,10-12H2,1H3,(H,17,18)/t13-/m1/s1. The Labute approximate surface area is 125 Å². The van der Waals surface area contributed by atoms with E-state index in [-0.39, 0.29) is 0 Å². The van der Waals surface area contributed by atoms with E-state index in [1.54, 1.807) is 6.20 Å². The van der Waals surface area contributed by atoms with E-state index in [0.717, 1.165) is 36.9 Å². The summed E-state index contributed by atoms with van der Waals surface area (Å²) in [7, 11) is 2.13.